The van der Waals surface area contributed by atoms with Gasteiger partial charge in [0.05, 0.1) is 22.4 Å². The molecule has 0 aliphatic heterocycles. The van der Waals surface area contributed by atoms with Gasteiger partial charge in [-0.05, 0) is 75.8 Å². The Morgan fingerprint density at radius 2 is 0.648 bits per heavy atom. The monoisotopic (exact) mass is 686 g/mol. The highest BCUT2D eigenvalue weighted by molar-refractivity contribution is 6.17. The summed E-state index contributed by atoms with van der Waals surface area (Å²) in [5.74, 6) is 0. The van der Waals surface area contributed by atoms with E-state index in [1.165, 1.54) is 88.8 Å². The van der Waals surface area contributed by atoms with Crippen LogP contribution in [0.3, 0.4) is 0 Å². The largest absolute Gasteiger partial charge is 0.309 e. The second-order valence-corrected chi connectivity index (χ2v) is 14.1. The van der Waals surface area contributed by atoms with E-state index in [9.17, 15) is 0 Å². The van der Waals surface area contributed by atoms with E-state index >= 15 is 0 Å². The average Bonchev–Trinajstić information content (AvgIpc) is 3.77. The van der Waals surface area contributed by atoms with Gasteiger partial charge >= 0.3 is 0 Å². The van der Waals surface area contributed by atoms with E-state index in [0.29, 0.717) is 0 Å². The number of fused-ring (bicyclic) bond motifs is 12. The smallest absolute Gasteiger partial charge is 0.0626 e. The molecule has 54 heavy (non-hydrogen) atoms. The Balaban J connectivity index is 1.30. The highest BCUT2D eigenvalue weighted by atomic mass is 15.0. The Kier molecular flexibility index (Phi) is 6.90. The number of hydrogen-bond donors (Lipinski definition) is 0. The van der Waals surface area contributed by atoms with Gasteiger partial charge in [0.15, 0.2) is 0 Å². The van der Waals surface area contributed by atoms with Crippen LogP contribution in [-0.2, 0) is 0 Å². The first-order valence-electron chi connectivity index (χ1n) is 18.6. The molecule has 0 saturated carbocycles. The number of rotatable bonds is 4. The van der Waals surface area contributed by atoms with Crippen LogP contribution < -0.4 is 0 Å². The van der Waals surface area contributed by atoms with Gasteiger partial charge in [-0.2, -0.15) is 0 Å². The summed E-state index contributed by atoms with van der Waals surface area (Å²) >= 11 is 0. The van der Waals surface area contributed by atoms with Crippen LogP contribution in [0.4, 0.5) is 0 Å². The number of benzene rings is 8. The molecule has 0 saturated heterocycles. The first kappa shape index (κ1) is 30.5. The number of nitrogens with zero attached hydrogens (tertiary/aromatic N) is 2. The average molecular weight is 687 g/mol. The first-order valence-corrected chi connectivity index (χ1v) is 18.6. The van der Waals surface area contributed by atoms with Gasteiger partial charge < -0.3 is 9.13 Å². The maximum absolute atomic E-state index is 2.49. The molecule has 2 aromatic heterocycles. The molecule has 10 aromatic rings. The minimum absolute atomic E-state index is 1.14. The van der Waals surface area contributed by atoms with Gasteiger partial charge in [-0.15, -0.1) is 0 Å². The SMILES string of the molecule is c1ccc(-c2ccc(-c3ccc4c(c3)-c3c(c5ccccc5n3-c3ccccc3)-c3ccccc3-c3c-4n(-c4ccccc4)c4ccccc34)cc2)cc1. The standard InChI is InChI=1S/C52H34N2/c1-4-16-35(17-5-1)36-28-30-37(31-29-36)38-32-33-43-46(34-38)52-50(45-25-13-15-27-48(45)54(52)40-20-8-3-9-21-40)42-23-11-10-22-41(42)49-44-24-12-14-26-47(44)53(51(43)49)39-18-6-2-7-19-39/h1-34H. The lowest BCUT2D eigenvalue weighted by Crippen LogP contribution is -2.04. The zero-order valence-corrected chi connectivity index (χ0v) is 29.5. The van der Waals surface area contributed by atoms with E-state index in [1.54, 1.807) is 0 Å². The third-order valence-corrected chi connectivity index (χ3v) is 11.1. The molecule has 0 amide bonds. The van der Waals surface area contributed by atoms with E-state index in [4.69, 9.17) is 0 Å². The molecule has 1 aliphatic carbocycles. The van der Waals surface area contributed by atoms with Crippen LogP contribution in [0.15, 0.2) is 206 Å². The van der Waals surface area contributed by atoms with Crippen LogP contribution in [0.1, 0.15) is 0 Å². The van der Waals surface area contributed by atoms with E-state index in [-0.39, 0.29) is 0 Å². The topological polar surface area (TPSA) is 9.86 Å². The summed E-state index contributed by atoms with van der Waals surface area (Å²) in [7, 11) is 0. The van der Waals surface area contributed by atoms with Crippen molar-refractivity contribution < 1.29 is 0 Å². The first-order chi connectivity index (χ1) is 26.8. The van der Waals surface area contributed by atoms with Crippen LogP contribution >= 0.6 is 0 Å². The molecule has 8 aromatic carbocycles. The van der Waals surface area contributed by atoms with Crippen molar-refractivity contribution in [1.82, 2.24) is 9.13 Å². The van der Waals surface area contributed by atoms with Gasteiger partial charge in [0, 0.05) is 44.4 Å². The molecule has 0 unspecified atom stereocenters. The normalized spacial score (nSPS) is 11.7. The van der Waals surface area contributed by atoms with Crippen molar-refractivity contribution in [2.24, 2.45) is 0 Å². The highest BCUT2D eigenvalue weighted by Crippen LogP contribution is 2.55. The summed E-state index contributed by atoms with van der Waals surface area (Å²) in [5.41, 5.74) is 19.2. The third kappa shape index (κ3) is 4.60. The molecule has 2 nitrogen and oxygen atoms in total. The molecule has 0 fully saturated rings. The predicted molar refractivity (Wildman–Crippen MR) is 226 cm³/mol. The summed E-state index contributed by atoms with van der Waals surface area (Å²) in [5, 5.41) is 2.48. The maximum atomic E-state index is 2.49. The van der Waals surface area contributed by atoms with Crippen molar-refractivity contribution in [2.45, 2.75) is 0 Å². The van der Waals surface area contributed by atoms with Crippen LogP contribution in [-0.4, -0.2) is 9.13 Å². The van der Waals surface area contributed by atoms with E-state index < -0.39 is 0 Å². The Morgan fingerprint density at radius 3 is 1.19 bits per heavy atom. The molecule has 0 spiro atoms. The Bertz CT molecular complexity index is 3000. The lowest BCUT2D eigenvalue weighted by Gasteiger charge is -2.24. The van der Waals surface area contributed by atoms with Crippen molar-refractivity contribution in [3.63, 3.8) is 0 Å². The van der Waals surface area contributed by atoms with Crippen molar-refractivity contribution in [3.8, 4) is 78.4 Å². The molecule has 11 rings (SSSR count). The maximum Gasteiger partial charge on any atom is 0.0626 e. The Morgan fingerprint density at radius 1 is 0.259 bits per heavy atom. The number of aromatic nitrogens is 2. The lowest BCUT2D eigenvalue weighted by atomic mass is 9.83. The summed E-state index contributed by atoms with van der Waals surface area (Å²) in [6.45, 7) is 0. The van der Waals surface area contributed by atoms with Gasteiger partial charge in [0.1, 0.15) is 0 Å². The zero-order valence-electron chi connectivity index (χ0n) is 29.5. The van der Waals surface area contributed by atoms with Crippen molar-refractivity contribution >= 4 is 21.8 Å². The summed E-state index contributed by atoms with van der Waals surface area (Å²) in [4.78, 5) is 0. The van der Waals surface area contributed by atoms with Gasteiger partial charge in [0.25, 0.3) is 0 Å². The lowest BCUT2D eigenvalue weighted by molar-refractivity contribution is 1.12. The van der Waals surface area contributed by atoms with E-state index in [2.05, 4.69) is 215 Å². The summed E-state index contributed by atoms with van der Waals surface area (Å²) in [6.07, 6.45) is 0. The van der Waals surface area contributed by atoms with Gasteiger partial charge in [0.2, 0.25) is 0 Å². The zero-order chi connectivity index (χ0) is 35.6. The fourth-order valence-electron chi connectivity index (χ4n) is 8.76. The summed E-state index contributed by atoms with van der Waals surface area (Å²) in [6, 6.07) is 75.3. The molecule has 0 N–H and O–H groups in total. The van der Waals surface area contributed by atoms with Crippen LogP contribution in [0.5, 0.6) is 0 Å². The number of para-hydroxylation sites is 4. The molecule has 2 heterocycles. The highest BCUT2D eigenvalue weighted by Gasteiger charge is 2.32. The second-order valence-electron chi connectivity index (χ2n) is 14.1. The van der Waals surface area contributed by atoms with Crippen molar-refractivity contribution in [3.05, 3.63) is 206 Å². The molecular formula is C52H34N2. The Hall–Kier alpha value is -7.16. The van der Waals surface area contributed by atoms with Crippen LogP contribution in [0.25, 0.3) is 100 Å². The molecule has 0 atom stereocenters. The second kappa shape index (κ2) is 12.2. The fourth-order valence-corrected chi connectivity index (χ4v) is 8.76. The minimum atomic E-state index is 1.14. The molecule has 0 bridgehead atoms. The van der Waals surface area contributed by atoms with E-state index in [0.717, 1.165) is 11.4 Å². The fraction of sp³-hybridized carbons (Fsp3) is 0. The predicted octanol–water partition coefficient (Wildman–Crippen LogP) is 13.9. The molecule has 0 radical (unpaired) electrons. The van der Waals surface area contributed by atoms with Crippen LogP contribution in [0.2, 0.25) is 0 Å². The van der Waals surface area contributed by atoms with Crippen LogP contribution in [0, 0.1) is 0 Å². The molecular weight excluding hydrogens is 653 g/mol. The quantitative estimate of drug-likeness (QED) is 0.174. The van der Waals surface area contributed by atoms with Gasteiger partial charge in [-0.25, -0.2) is 0 Å². The third-order valence-electron chi connectivity index (χ3n) is 11.1. The summed E-state index contributed by atoms with van der Waals surface area (Å²) < 4.78 is 4.97. The van der Waals surface area contributed by atoms with Gasteiger partial charge in [-0.3, -0.25) is 0 Å². The molecule has 2 heteroatoms. The molecule has 1 aliphatic rings. The van der Waals surface area contributed by atoms with Crippen molar-refractivity contribution in [1.29, 1.82) is 0 Å². The minimum Gasteiger partial charge on any atom is -0.309 e. The van der Waals surface area contributed by atoms with Crippen molar-refractivity contribution in [2.75, 3.05) is 0 Å². The molecule has 252 valence electrons. The van der Waals surface area contributed by atoms with E-state index in [1.807, 2.05) is 0 Å². The number of hydrogen-bond acceptors (Lipinski definition) is 0. The van der Waals surface area contributed by atoms with Gasteiger partial charge in [-0.1, -0.05) is 164 Å². The Labute approximate surface area is 314 Å².